The van der Waals surface area contributed by atoms with Gasteiger partial charge in [0.05, 0.1) is 5.02 Å². The first-order chi connectivity index (χ1) is 11.2. The molecular formula is C18H18Cl2N2O2. The van der Waals surface area contributed by atoms with Gasteiger partial charge in [-0.05, 0) is 63.2 Å². The van der Waals surface area contributed by atoms with Gasteiger partial charge >= 0.3 is 6.03 Å². The molecule has 2 amide bonds. The van der Waals surface area contributed by atoms with Crippen molar-refractivity contribution in [2.45, 2.75) is 26.3 Å². The minimum absolute atomic E-state index is 0.206. The van der Waals surface area contributed by atoms with Gasteiger partial charge in [0.2, 0.25) is 0 Å². The van der Waals surface area contributed by atoms with Gasteiger partial charge in [0.1, 0.15) is 0 Å². The number of halogens is 2. The second-order valence-corrected chi connectivity index (χ2v) is 7.20. The molecule has 2 rings (SSSR count). The maximum atomic E-state index is 12.5. The number of hydrogen-bond acceptors (Lipinski definition) is 2. The normalized spacial score (nSPS) is 11.0. The number of rotatable bonds is 3. The molecule has 2 aromatic carbocycles. The van der Waals surface area contributed by atoms with Crippen LogP contribution in [-0.2, 0) is 0 Å². The van der Waals surface area contributed by atoms with Gasteiger partial charge in [0.25, 0.3) is 0 Å². The summed E-state index contributed by atoms with van der Waals surface area (Å²) in [6.07, 6.45) is 0. The average molecular weight is 365 g/mol. The molecule has 24 heavy (non-hydrogen) atoms. The zero-order chi connectivity index (χ0) is 17.9. The molecule has 2 N–H and O–H groups in total. The van der Waals surface area contributed by atoms with Crippen LogP contribution in [0, 0.1) is 0 Å². The molecule has 2 aromatic rings. The zero-order valence-corrected chi connectivity index (χ0v) is 15.1. The van der Waals surface area contributed by atoms with Crippen molar-refractivity contribution < 1.29 is 9.59 Å². The summed E-state index contributed by atoms with van der Waals surface area (Å²) in [5.41, 5.74) is 1.01. The van der Waals surface area contributed by atoms with Crippen LogP contribution in [0.25, 0.3) is 0 Å². The fraction of sp³-hybridized carbons (Fsp3) is 0.222. The second-order valence-electron chi connectivity index (χ2n) is 6.36. The monoisotopic (exact) mass is 364 g/mol. The standard InChI is InChI=1S/C18H18Cl2N2O2/c1-18(2,3)22-17(24)21-13-8-9-14(15(20)10-13)16(23)11-4-6-12(19)7-5-11/h4-10H,1-3H3,(H2,21,22,24). The summed E-state index contributed by atoms with van der Waals surface area (Å²) in [5, 5.41) is 6.30. The number of urea groups is 1. The first-order valence-electron chi connectivity index (χ1n) is 7.35. The number of benzene rings is 2. The number of carbonyl (C=O) groups excluding carboxylic acids is 2. The van der Waals surface area contributed by atoms with Crippen LogP contribution in [0.4, 0.5) is 10.5 Å². The molecule has 0 spiro atoms. The Kier molecular flexibility index (Phi) is 5.52. The fourth-order valence-electron chi connectivity index (χ4n) is 2.04. The summed E-state index contributed by atoms with van der Waals surface area (Å²) < 4.78 is 0. The van der Waals surface area contributed by atoms with Crippen molar-refractivity contribution in [3.63, 3.8) is 0 Å². The van der Waals surface area contributed by atoms with E-state index in [-0.39, 0.29) is 22.4 Å². The quantitative estimate of drug-likeness (QED) is 0.740. The minimum Gasteiger partial charge on any atom is -0.333 e. The third-order valence-corrected chi connectivity index (χ3v) is 3.63. The number of nitrogens with one attached hydrogen (secondary N) is 2. The molecule has 4 nitrogen and oxygen atoms in total. The van der Waals surface area contributed by atoms with Gasteiger partial charge in [0, 0.05) is 27.4 Å². The highest BCUT2D eigenvalue weighted by Gasteiger charge is 2.16. The minimum atomic E-state index is -0.349. The van der Waals surface area contributed by atoms with E-state index in [1.165, 1.54) is 0 Å². The van der Waals surface area contributed by atoms with Gasteiger partial charge in [-0.3, -0.25) is 4.79 Å². The Morgan fingerprint density at radius 3 is 2.12 bits per heavy atom. The number of ketones is 1. The van der Waals surface area contributed by atoms with E-state index >= 15 is 0 Å². The van der Waals surface area contributed by atoms with Gasteiger partial charge in [0.15, 0.2) is 5.78 Å². The Morgan fingerprint density at radius 1 is 0.958 bits per heavy atom. The van der Waals surface area contributed by atoms with E-state index in [4.69, 9.17) is 23.2 Å². The Labute approximate surface area is 151 Å². The molecule has 0 aromatic heterocycles. The molecule has 0 heterocycles. The summed E-state index contributed by atoms with van der Waals surface area (Å²) >= 11 is 12.0. The highest BCUT2D eigenvalue weighted by atomic mass is 35.5. The molecule has 6 heteroatoms. The summed E-state index contributed by atoms with van der Waals surface area (Å²) in [7, 11) is 0. The van der Waals surface area contributed by atoms with Crippen molar-refractivity contribution in [1.29, 1.82) is 0 Å². The lowest BCUT2D eigenvalue weighted by Gasteiger charge is -2.20. The van der Waals surface area contributed by atoms with Crippen LogP contribution in [0.15, 0.2) is 42.5 Å². The third kappa shape index (κ3) is 4.98. The Balaban J connectivity index is 2.16. The van der Waals surface area contributed by atoms with E-state index in [0.29, 0.717) is 21.8 Å². The Morgan fingerprint density at radius 2 is 1.58 bits per heavy atom. The van der Waals surface area contributed by atoms with Crippen molar-refractivity contribution >= 4 is 40.7 Å². The Bertz CT molecular complexity index is 766. The van der Waals surface area contributed by atoms with Crippen molar-refractivity contribution in [3.8, 4) is 0 Å². The molecule has 0 unspecified atom stereocenters. The number of anilines is 1. The summed E-state index contributed by atoms with van der Waals surface area (Å²) in [6, 6.07) is 11.0. The number of carbonyl (C=O) groups is 2. The first kappa shape index (κ1) is 18.3. The molecule has 0 saturated heterocycles. The van der Waals surface area contributed by atoms with Gasteiger partial charge < -0.3 is 10.6 Å². The molecule has 0 atom stereocenters. The van der Waals surface area contributed by atoms with Crippen LogP contribution in [0.5, 0.6) is 0 Å². The molecule has 0 fully saturated rings. The molecule has 0 aliphatic heterocycles. The van der Waals surface area contributed by atoms with Gasteiger partial charge in [-0.1, -0.05) is 23.2 Å². The molecule has 0 saturated carbocycles. The van der Waals surface area contributed by atoms with Crippen molar-refractivity contribution in [1.82, 2.24) is 5.32 Å². The smallest absolute Gasteiger partial charge is 0.319 e. The van der Waals surface area contributed by atoms with Crippen LogP contribution >= 0.6 is 23.2 Å². The van der Waals surface area contributed by atoms with Crippen molar-refractivity contribution in [3.05, 3.63) is 63.6 Å². The zero-order valence-electron chi connectivity index (χ0n) is 13.6. The van der Waals surface area contributed by atoms with Crippen molar-refractivity contribution in [2.24, 2.45) is 0 Å². The second kappa shape index (κ2) is 7.24. The summed E-state index contributed by atoms with van der Waals surface area (Å²) in [4.78, 5) is 24.3. The van der Waals surface area contributed by atoms with Crippen LogP contribution in [0.2, 0.25) is 10.0 Å². The lowest BCUT2D eigenvalue weighted by atomic mass is 10.0. The number of hydrogen-bond donors (Lipinski definition) is 2. The van der Waals surface area contributed by atoms with Crippen LogP contribution in [-0.4, -0.2) is 17.4 Å². The van der Waals surface area contributed by atoms with E-state index < -0.39 is 0 Å². The first-order valence-corrected chi connectivity index (χ1v) is 8.10. The molecule has 126 valence electrons. The summed E-state index contributed by atoms with van der Waals surface area (Å²) in [6.45, 7) is 5.65. The van der Waals surface area contributed by atoms with Gasteiger partial charge in [-0.2, -0.15) is 0 Å². The SMILES string of the molecule is CC(C)(C)NC(=O)Nc1ccc(C(=O)c2ccc(Cl)cc2)c(Cl)c1. The lowest BCUT2D eigenvalue weighted by Crippen LogP contribution is -2.43. The van der Waals surface area contributed by atoms with Gasteiger partial charge in [-0.15, -0.1) is 0 Å². The average Bonchev–Trinajstić information content (AvgIpc) is 2.45. The van der Waals surface area contributed by atoms with Crippen LogP contribution in [0.3, 0.4) is 0 Å². The topological polar surface area (TPSA) is 58.2 Å². The van der Waals surface area contributed by atoms with Gasteiger partial charge in [-0.25, -0.2) is 4.79 Å². The fourth-order valence-corrected chi connectivity index (χ4v) is 2.43. The van der Waals surface area contributed by atoms with Crippen LogP contribution < -0.4 is 10.6 Å². The van der Waals surface area contributed by atoms with Crippen molar-refractivity contribution in [2.75, 3.05) is 5.32 Å². The maximum absolute atomic E-state index is 12.5. The highest BCUT2D eigenvalue weighted by Crippen LogP contribution is 2.24. The van der Waals surface area contributed by atoms with Crippen LogP contribution in [0.1, 0.15) is 36.7 Å². The van der Waals surface area contributed by atoms with E-state index in [1.54, 1.807) is 42.5 Å². The highest BCUT2D eigenvalue weighted by molar-refractivity contribution is 6.35. The summed E-state index contributed by atoms with van der Waals surface area (Å²) in [5.74, 6) is -0.206. The third-order valence-electron chi connectivity index (χ3n) is 3.07. The van der Waals surface area contributed by atoms with E-state index in [9.17, 15) is 9.59 Å². The molecule has 0 bridgehead atoms. The maximum Gasteiger partial charge on any atom is 0.319 e. The molecule has 0 aliphatic rings. The molecule has 0 aliphatic carbocycles. The lowest BCUT2D eigenvalue weighted by molar-refractivity contribution is 0.103. The predicted molar refractivity (Wildman–Crippen MR) is 98.2 cm³/mol. The molecule has 0 radical (unpaired) electrons. The largest absolute Gasteiger partial charge is 0.333 e. The van der Waals surface area contributed by atoms with E-state index in [1.807, 2.05) is 20.8 Å². The Hall–Kier alpha value is -2.04. The molecular weight excluding hydrogens is 347 g/mol. The predicted octanol–water partition coefficient (Wildman–Crippen LogP) is 5.14. The van der Waals surface area contributed by atoms with E-state index in [2.05, 4.69) is 10.6 Å². The number of amides is 2. The van der Waals surface area contributed by atoms with E-state index in [0.717, 1.165) is 0 Å².